The van der Waals surface area contributed by atoms with Gasteiger partial charge in [-0.15, -0.1) is 0 Å². The van der Waals surface area contributed by atoms with Gasteiger partial charge < -0.3 is 10.1 Å². The fourth-order valence-electron chi connectivity index (χ4n) is 2.08. The zero-order valence-corrected chi connectivity index (χ0v) is 11.2. The van der Waals surface area contributed by atoms with E-state index in [0.717, 1.165) is 17.7 Å². The maximum absolute atomic E-state index is 12.9. The van der Waals surface area contributed by atoms with Crippen molar-refractivity contribution in [3.8, 4) is 5.75 Å². The highest BCUT2D eigenvalue weighted by molar-refractivity contribution is 5.29. The van der Waals surface area contributed by atoms with E-state index in [9.17, 15) is 4.39 Å². The molecule has 0 aromatic heterocycles. The van der Waals surface area contributed by atoms with E-state index < -0.39 is 0 Å². The largest absolute Gasteiger partial charge is 0.497 e. The first-order chi connectivity index (χ1) is 9.22. The number of hydrogen-bond donors (Lipinski definition) is 1. The summed E-state index contributed by atoms with van der Waals surface area (Å²) in [5.74, 6) is 0.648. The van der Waals surface area contributed by atoms with Crippen molar-refractivity contribution in [2.45, 2.75) is 12.5 Å². The molecule has 1 atom stereocenters. The summed E-state index contributed by atoms with van der Waals surface area (Å²) in [4.78, 5) is 0. The molecule has 0 fully saturated rings. The Labute approximate surface area is 113 Å². The summed E-state index contributed by atoms with van der Waals surface area (Å²) < 4.78 is 18.1. The van der Waals surface area contributed by atoms with Gasteiger partial charge in [0, 0.05) is 6.04 Å². The summed E-state index contributed by atoms with van der Waals surface area (Å²) in [6, 6.07) is 14.8. The van der Waals surface area contributed by atoms with E-state index in [0.29, 0.717) is 0 Å². The lowest BCUT2D eigenvalue weighted by Crippen LogP contribution is -2.18. The molecule has 0 bridgehead atoms. The Morgan fingerprint density at radius 2 is 1.68 bits per heavy atom. The van der Waals surface area contributed by atoms with Gasteiger partial charge in [-0.3, -0.25) is 0 Å². The second-order valence-electron chi connectivity index (χ2n) is 4.45. The number of halogens is 1. The van der Waals surface area contributed by atoms with Gasteiger partial charge in [0.2, 0.25) is 0 Å². The van der Waals surface area contributed by atoms with Crippen LogP contribution in [-0.4, -0.2) is 14.2 Å². The summed E-state index contributed by atoms with van der Waals surface area (Å²) >= 11 is 0. The van der Waals surface area contributed by atoms with Crippen LogP contribution in [0.15, 0.2) is 48.5 Å². The minimum Gasteiger partial charge on any atom is -0.497 e. The fraction of sp³-hybridized carbons (Fsp3) is 0.250. The third kappa shape index (κ3) is 3.55. The van der Waals surface area contributed by atoms with Crippen LogP contribution >= 0.6 is 0 Å². The number of methoxy groups -OCH3 is 1. The smallest absolute Gasteiger partial charge is 0.123 e. The predicted octanol–water partition coefficient (Wildman–Crippen LogP) is 3.34. The summed E-state index contributed by atoms with van der Waals surface area (Å²) in [7, 11) is 3.57. The van der Waals surface area contributed by atoms with Crippen molar-refractivity contribution in [2.24, 2.45) is 0 Å². The molecule has 3 heteroatoms. The van der Waals surface area contributed by atoms with E-state index in [1.807, 2.05) is 43.4 Å². The standard InChI is InChI=1S/C16H18FNO/c1-18-16(13-5-7-14(17)8-6-13)11-12-3-9-15(19-2)10-4-12/h3-10,16,18H,11H2,1-2H3. The zero-order valence-electron chi connectivity index (χ0n) is 11.2. The first-order valence-corrected chi connectivity index (χ1v) is 6.28. The van der Waals surface area contributed by atoms with Crippen molar-refractivity contribution in [2.75, 3.05) is 14.2 Å². The maximum Gasteiger partial charge on any atom is 0.123 e. The number of likely N-dealkylation sites (N-methyl/N-ethyl adjacent to an activating group) is 1. The van der Waals surface area contributed by atoms with Gasteiger partial charge in [0.15, 0.2) is 0 Å². The van der Waals surface area contributed by atoms with Crippen molar-refractivity contribution in [1.82, 2.24) is 5.32 Å². The molecule has 1 N–H and O–H groups in total. The van der Waals surface area contributed by atoms with Gasteiger partial charge in [-0.2, -0.15) is 0 Å². The summed E-state index contributed by atoms with van der Waals surface area (Å²) in [6.45, 7) is 0. The van der Waals surface area contributed by atoms with Crippen LogP contribution in [0, 0.1) is 5.82 Å². The molecule has 2 nitrogen and oxygen atoms in total. The second kappa shape index (κ2) is 6.34. The molecule has 1 unspecified atom stereocenters. The van der Waals surface area contributed by atoms with E-state index in [2.05, 4.69) is 5.32 Å². The Morgan fingerprint density at radius 1 is 1.05 bits per heavy atom. The molecule has 0 aliphatic rings. The van der Waals surface area contributed by atoms with E-state index >= 15 is 0 Å². The molecule has 0 saturated heterocycles. The highest BCUT2D eigenvalue weighted by Crippen LogP contribution is 2.20. The molecule has 19 heavy (non-hydrogen) atoms. The Kier molecular flexibility index (Phi) is 4.53. The molecule has 2 aromatic rings. The molecule has 0 saturated carbocycles. The third-order valence-electron chi connectivity index (χ3n) is 3.22. The van der Waals surface area contributed by atoms with Crippen molar-refractivity contribution in [3.63, 3.8) is 0 Å². The Morgan fingerprint density at radius 3 is 2.21 bits per heavy atom. The van der Waals surface area contributed by atoms with Gasteiger partial charge in [0.1, 0.15) is 11.6 Å². The van der Waals surface area contributed by atoms with Crippen LogP contribution in [0.25, 0.3) is 0 Å². The van der Waals surface area contributed by atoms with Gasteiger partial charge in [-0.05, 0) is 48.9 Å². The lowest BCUT2D eigenvalue weighted by atomic mass is 9.99. The summed E-state index contributed by atoms with van der Waals surface area (Å²) in [5.41, 5.74) is 2.30. The first kappa shape index (κ1) is 13.6. The fourth-order valence-corrected chi connectivity index (χ4v) is 2.08. The van der Waals surface area contributed by atoms with Crippen LogP contribution in [0.5, 0.6) is 5.75 Å². The van der Waals surface area contributed by atoms with Crippen LogP contribution in [-0.2, 0) is 6.42 Å². The van der Waals surface area contributed by atoms with Gasteiger partial charge in [0.25, 0.3) is 0 Å². The molecule has 2 rings (SSSR count). The van der Waals surface area contributed by atoms with Crippen LogP contribution < -0.4 is 10.1 Å². The number of ether oxygens (including phenoxy) is 1. The molecule has 0 amide bonds. The van der Waals surface area contributed by atoms with Gasteiger partial charge in [-0.1, -0.05) is 24.3 Å². The quantitative estimate of drug-likeness (QED) is 0.889. The number of benzene rings is 2. The average Bonchev–Trinajstić information content (AvgIpc) is 2.46. The van der Waals surface area contributed by atoms with E-state index in [1.54, 1.807) is 7.11 Å². The highest BCUT2D eigenvalue weighted by atomic mass is 19.1. The minimum absolute atomic E-state index is 0.175. The van der Waals surface area contributed by atoms with Crippen LogP contribution in [0.3, 0.4) is 0 Å². The normalized spacial score (nSPS) is 12.2. The van der Waals surface area contributed by atoms with Crippen LogP contribution in [0.1, 0.15) is 17.2 Å². The van der Waals surface area contributed by atoms with Crippen LogP contribution in [0.2, 0.25) is 0 Å². The SMILES string of the molecule is CNC(Cc1ccc(OC)cc1)c1ccc(F)cc1. The summed E-state index contributed by atoms with van der Waals surface area (Å²) in [6.07, 6.45) is 0.853. The van der Waals surface area contributed by atoms with Crippen LogP contribution in [0.4, 0.5) is 4.39 Å². The Hall–Kier alpha value is -1.87. The van der Waals surface area contributed by atoms with E-state index in [1.165, 1.54) is 17.7 Å². The minimum atomic E-state index is -0.206. The van der Waals surface area contributed by atoms with Crippen molar-refractivity contribution < 1.29 is 9.13 Å². The van der Waals surface area contributed by atoms with Crippen molar-refractivity contribution in [1.29, 1.82) is 0 Å². The van der Waals surface area contributed by atoms with Gasteiger partial charge in [-0.25, -0.2) is 4.39 Å². The molecule has 0 radical (unpaired) electrons. The number of nitrogens with one attached hydrogen (secondary N) is 1. The maximum atomic E-state index is 12.9. The van der Waals surface area contributed by atoms with Crippen molar-refractivity contribution >= 4 is 0 Å². The van der Waals surface area contributed by atoms with E-state index in [-0.39, 0.29) is 11.9 Å². The molecule has 0 aliphatic carbocycles. The molecule has 0 heterocycles. The molecule has 0 aliphatic heterocycles. The highest BCUT2D eigenvalue weighted by Gasteiger charge is 2.10. The first-order valence-electron chi connectivity index (χ1n) is 6.28. The second-order valence-corrected chi connectivity index (χ2v) is 4.45. The summed E-state index contributed by atoms with van der Waals surface area (Å²) in [5, 5.41) is 3.26. The number of rotatable bonds is 5. The molecule has 100 valence electrons. The lowest BCUT2D eigenvalue weighted by molar-refractivity contribution is 0.414. The average molecular weight is 259 g/mol. The van der Waals surface area contributed by atoms with E-state index in [4.69, 9.17) is 4.74 Å². The molecule has 2 aromatic carbocycles. The predicted molar refractivity (Wildman–Crippen MR) is 74.9 cm³/mol. The van der Waals surface area contributed by atoms with Gasteiger partial charge >= 0.3 is 0 Å². The van der Waals surface area contributed by atoms with Gasteiger partial charge in [0.05, 0.1) is 7.11 Å². The molecular formula is C16H18FNO. The molecular weight excluding hydrogens is 241 g/mol. The third-order valence-corrected chi connectivity index (χ3v) is 3.22. The number of hydrogen-bond acceptors (Lipinski definition) is 2. The lowest BCUT2D eigenvalue weighted by Gasteiger charge is -2.17. The Balaban J connectivity index is 2.11. The van der Waals surface area contributed by atoms with Crippen molar-refractivity contribution in [3.05, 3.63) is 65.5 Å². The zero-order chi connectivity index (χ0) is 13.7. The monoisotopic (exact) mass is 259 g/mol. The Bertz CT molecular complexity index is 507. The topological polar surface area (TPSA) is 21.3 Å². The molecule has 0 spiro atoms.